The summed E-state index contributed by atoms with van der Waals surface area (Å²) in [6.45, 7) is 3.74. The lowest BCUT2D eigenvalue weighted by Gasteiger charge is -2.23. The van der Waals surface area contributed by atoms with E-state index in [0.717, 1.165) is 25.9 Å². The predicted molar refractivity (Wildman–Crippen MR) is 96.6 cm³/mol. The second-order valence-corrected chi connectivity index (χ2v) is 6.74. The molecule has 1 aliphatic heterocycles. The third kappa shape index (κ3) is 4.61. The van der Waals surface area contributed by atoms with Crippen molar-refractivity contribution < 1.29 is 22.7 Å². The molecule has 0 unspecified atom stereocenters. The molecule has 1 aliphatic rings. The largest absolute Gasteiger partial charge is 0.484 e. The van der Waals surface area contributed by atoms with Crippen LogP contribution in [-0.4, -0.2) is 46.8 Å². The van der Waals surface area contributed by atoms with Gasteiger partial charge >= 0.3 is 6.18 Å². The molecule has 2 aromatic rings. The molecule has 7 nitrogen and oxygen atoms in total. The number of ether oxygens (including phenoxy) is 1. The Bertz CT molecular complexity index is 844. The molecule has 0 radical (unpaired) electrons. The van der Waals surface area contributed by atoms with Crippen LogP contribution in [0.2, 0.25) is 0 Å². The Morgan fingerprint density at radius 2 is 2.04 bits per heavy atom. The first-order chi connectivity index (χ1) is 13.3. The van der Waals surface area contributed by atoms with Gasteiger partial charge in [0.25, 0.3) is 5.91 Å². The number of hydrogen-bond donors (Lipinski definition) is 2. The smallest absolute Gasteiger partial charge is 0.422 e. The van der Waals surface area contributed by atoms with Gasteiger partial charge in [0.05, 0.1) is 11.7 Å². The maximum atomic E-state index is 12.7. The van der Waals surface area contributed by atoms with E-state index in [2.05, 4.69) is 20.9 Å². The zero-order chi connectivity index (χ0) is 20.3. The van der Waals surface area contributed by atoms with Crippen LogP contribution < -0.4 is 15.4 Å². The highest BCUT2D eigenvalue weighted by atomic mass is 19.4. The molecule has 152 valence electrons. The quantitative estimate of drug-likeness (QED) is 0.811. The van der Waals surface area contributed by atoms with Gasteiger partial charge in [-0.15, -0.1) is 5.10 Å². The first-order valence-corrected chi connectivity index (χ1v) is 8.99. The summed E-state index contributed by atoms with van der Waals surface area (Å²) >= 11 is 0. The minimum absolute atomic E-state index is 0.0604. The van der Waals surface area contributed by atoms with Crippen LogP contribution in [0.5, 0.6) is 5.75 Å². The topological polar surface area (TPSA) is 81.1 Å². The molecule has 28 heavy (non-hydrogen) atoms. The highest BCUT2D eigenvalue weighted by molar-refractivity contribution is 6.04. The number of carbonyl (C=O) groups is 1. The number of rotatable bonds is 5. The van der Waals surface area contributed by atoms with Crippen LogP contribution in [-0.2, 0) is 0 Å². The van der Waals surface area contributed by atoms with Crippen LogP contribution in [0.3, 0.4) is 0 Å². The summed E-state index contributed by atoms with van der Waals surface area (Å²) in [6, 6.07) is 4.74. The molecule has 0 atom stereocenters. The van der Waals surface area contributed by atoms with Gasteiger partial charge in [-0.1, -0.05) is 11.3 Å². The lowest BCUT2D eigenvalue weighted by atomic mass is 10.1. The van der Waals surface area contributed by atoms with Crippen LogP contribution in [0.4, 0.5) is 18.9 Å². The Balaban J connectivity index is 1.74. The van der Waals surface area contributed by atoms with Crippen LogP contribution in [0.15, 0.2) is 18.2 Å². The van der Waals surface area contributed by atoms with Gasteiger partial charge in [0, 0.05) is 11.3 Å². The monoisotopic (exact) mass is 397 g/mol. The van der Waals surface area contributed by atoms with Gasteiger partial charge in [-0.3, -0.25) is 4.79 Å². The number of hydrogen-bond acceptors (Lipinski definition) is 5. The SMILES string of the molecule is Cc1c(NC(=O)c2nnn(C3CCNCC3)c2C)cccc1OCC(F)(F)F. The molecule has 2 heterocycles. The predicted octanol–water partition coefficient (Wildman–Crippen LogP) is 3.01. The van der Waals surface area contributed by atoms with E-state index >= 15 is 0 Å². The molecule has 3 rings (SSSR count). The van der Waals surface area contributed by atoms with Crippen molar-refractivity contribution in [3.63, 3.8) is 0 Å². The molecule has 1 aromatic heterocycles. The maximum absolute atomic E-state index is 12.7. The highest BCUT2D eigenvalue weighted by Gasteiger charge is 2.29. The number of aromatic nitrogens is 3. The van der Waals surface area contributed by atoms with Gasteiger partial charge in [0.2, 0.25) is 0 Å². The highest BCUT2D eigenvalue weighted by Crippen LogP contribution is 2.28. The van der Waals surface area contributed by atoms with E-state index in [1.54, 1.807) is 24.6 Å². The van der Waals surface area contributed by atoms with E-state index in [4.69, 9.17) is 4.74 Å². The molecule has 0 aliphatic carbocycles. The molecule has 1 saturated heterocycles. The Labute approximate surface area is 160 Å². The van der Waals surface area contributed by atoms with Gasteiger partial charge in [-0.2, -0.15) is 13.2 Å². The summed E-state index contributed by atoms with van der Waals surface area (Å²) in [5.74, 6) is -0.404. The Hall–Kier alpha value is -2.62. The van der Waals surface area contributed by atoms with Gasteiger partial charge in [0.15, 0.2) is 12.3 Å². The van der Waals surface area contributed by atoms with Crippen molar-refractivity contribution in [2.45, 2.75) is 38.9 Å². The average Bonchev–Trinajstić information content (AvgIpc) is 3.04. The van der Waals surface area contributed by atoms with E-state index in [1.165, 1.54) is 12.1 Å². The first kappa shape index (κ1) is 20.1. The number of alkyl halides is 3. The van der Waals surface area contributed by atoms with Crippen molar-refractivity contribution in [1.82, 2.24) is 20.3 Å². The van der Waals surface area contributed by atoms with Gasteiger partial charge < -0.3 is 15.4 Å². The Kier molecular flexibility index (Phi) is 5.87. The fourth-order valence-corrected chi connectivity index (χ4v) is 3.20. The zero-order valence-electron chi connectivity index (χ0n) is 15.6. The van der Waals surface area contributed by atoms with Gasteiger partial charge in [-0.25, -0.2) is 4.68 Å². The number of carbonyl (C=O) groups excluding carboxylic acids is 1. The van der Waals surface area contributed by atoms with Crippen LogP contribution >= 0.6 is 0 Å². The van der Waals surface area contributed by atoms with E-state index in [-0.39, 0.29) is 17.5 Å². The number of piperidine rings is 1. The molecule has 0 spiro atoms. The average molecular weight is 397 g/mol. The number of nitrogens with one attached hydrogen (secondary N) is 2. The van der Waals surface area contributed by atoms with Crippen LogP contribution in [0.1, 0.15) is 40.6 Å². The van der Waals surface area contributed by atoms with E-state index in [1.807, 2.05) is 0 Å². The fourth-order valence-electron chi connectivity index (χ4n) is 3.20. The first-order valence-electron chi connectivity index (χ1n) is 8.99. The van der Waals surface area contributed by atoms with Crippen molar-refractivity contribution in [3.05, 3.63) is 35.2 Å². The second-order valence-electron chi connectivity index (χ2n) is 6.74. The summed E-state index contributed by atoms with van der Waals surface area (Å²) in [6.07, 6.45) is -2.62. The molecule has 1 fully saturated rings. The summed E-state index contributed by atoms with van der Waals surface area (Å²) in [5.41, 5.74) is 1.62. The van der Waals surface area contributed by atoms with Crippen LogP contribution in [0.25, 0.3) is 0 Å². The van der Waals surface area contributed by atoms with E-state index in [0.29, 0.717) is 16.9 Å². The standard InChI is InChI=1S/C18H22F3N5O2/c1-11-14(4-3-5-15(11)28-10-18(19,20)21)23-17(27)16-12(2)26(25-24-16)13-6-8-22-9-7-13/h3-5,13,22H,6-10H2,1-2H3,(H,23,27). The Morgan fingerprint density at radius 3 is 2.71 bits per heavy atom. The molecule has 10 heteroatoms. The van der Waals surface area contributed by atoms with Crippen molar-refractivity contribution in [2.24, 2.45) is 0 Å². The molecule has 1 aromatic carbocycles. The lowest BCUT2D eigenvalue weighted by Crippen LogP contribution is -2.30. The number of amides is 1. The van der Waals surface area contributed by atoms with Crippen molar-refractivity contribution >= 4 is 11.6 Å². The fraction of sp³-hybridized carbons (Fsp3) is 0.500. The minimum Gasteiger partial charge on any atom is -0.484 e. The minimum atomic E-state index is -4.43. The number of anilines is 1. The number of benzene rings is 1. The van der Waals surface area contributed by atoms with E-state index < -0.39 is 18.7 Å². The molecule has 0 bridgehead atoms. The summed E-state index contributed by atoms with van der Waals surface area (Å²) in [5, 5.41) is 14.1. The molecule has 2 N–H and O–H groups in total. The third-order valence-electron chi connectivity index (χ3n) is 4.72. The van der Waals surface area contributed by atoms with Gasteiger partial charge in [0.1, 0.15) is 5.75 Å². The van der Waals surface area contributed by atoms with E-state index in [9.17, 15) is 18.0 Å². The van der Waals surface area contributed by atoms with Crippen LogP contribution in [0, 0.1) is 13.8 Å². The molecule has 0 saturated carbocycles. The normalized spacial score (nSPS) is 15.5. The number of nitrogens with zero attached hydrogens (tertiary/aromatic N) is 3. The molecular weight excluding hydrogens is 375 g/mol. The maximum Gasteiger partial charge on any atom is 0.422 e. The summed E-state index contributed by atoms with van der Waals surface area (Å²) in [4.78, 5) is 12.7. The summed E-state index contributed by atoms with van der Waals surface area (Å²) in [7, 11) is 0. The lowest BCUT2D eigenvalue weighted by molar-refractivity contribution is -0.153. The molecule has 1 amide bonds. The van der Waals surface area contributed by atoms with Crippen molar-refractivity contribution in [2.75, 3.05) is 25.0 Å². The zero-order valence-corrected chi connectivity index (χ0v) is 15.6. The third-order valence-corrected chi connectivity index (χ3v) is 4.72. The Morgan fingerprint density at radius 1 is 1.32 bits per heavy atom. The second kappa shape index (κ2) is 8.17. The number of halogens is 3. The van der Waals surface area contributed by atoms with Gasteiger partial charge in [-0.05, 0) is 51.9 Å². The molecular formula is C18H22F3N5O2. The van der Waals surface area contributed by atoms with Crippen molar-refractivity contribution in [3.8, 4) is 5.75 Å². The van der Waals surface area contributed by atoms with Crippen molar-refractivity contribution in [1.29, 1.82) is 0 Å². The summed E-state index contributed by atoms with van der Waals surface area (Å²) < 4.78 is 43.8.